The van der Waals surface area contributed by atoms with Gasteiger partial charge < -0.3 is 25.4 Å². The van der Waals surface area contributed by atoms with Crippen LogP contribution in [-0.2, 0) is 13.1 Å². The molecule has 4 aromatic rings. The topological polar surface area (TPSA) is 104 Å². The number of ether oxygens (including phenoxy) is 1. The third kappa shape index (κ3) is 8.09. The van der Waals surface area contributed by atoms with E-state index in [0.29, 0.717) is 24.1 Å². The number of halogens is 3. The number of hydrogen-bond acceptors (Lipinski definition) is 6. The lowest BCUT2D eigenvalue weighted by molar-refractivity contribution is -0.274. The summed E-state index contributed by atoms with van der Waals surface area (Å²) in [7, 11) is 1.67. The average Bonchev–Trinajstić information content (AvgIpc) is 3.75. The molecule has 46 heavy (non-hydrogen) atoms. The van der Waals surface area contributed by atoms with Gasteiger partial charge in [0.15, 0.2) is 0 Å². The maximum atomic E-state index is 13.7. The normalized spacial score (nSPS) is 18.0. The van der Waals surface area contributed by atoms with Gasteiger partial charge in [0.1, 0.15) is 5.75 Å². The zero-order valence-corrected chi connectivity index (χ0v) is 25.4. The Balaban J connectivity index is 1.30. The maximum absolute atomic E-state index is 13.7. The molecule has 3 atom stereocenters. The van der Waals surface area contributed by atoms with E-state index in [4.69, 9.17) is 0 Å². The number of nitrogens with zero attached hydrogens (tertiary/aromatic N) is 2. The number of aliphatic hydroxyl groups is 1. The van der Waals surface area contributed by atoms with Gasteiger partial charge in [-0.25, -0.2) is 0 Å². The third-order valence-electron chi connectivity index (χ3n) is 8.00. The molecule has 0 saturated heterocycles. The largest absolute Gasteiger partial charge is 0.573 e. The Morgan fingerprint density at radius 1 is 1.02 bits per heavy atom. The van der Waals surface area contributed by atoms with Crippen LogP contribution in [0.3, 0.4) is 0 Å². The van der Waals surface area contributed by atoms with Crippen LogP contribution in [-0.4, -0.2) is 58.4 Å². The van der Waals surface area contributed by atoms with E-state index in [1.807, 2.05) is 42.5 Å². The second kappa shape index (κ2) is 13.7. The molecule has 1 aliphatic rings. The van der Waals surface area contributed by atoms with E-state index >= 15 is 0 Å². The van der Waals surface area contributed by atoms with Gasteiger partial charge in [0.05, 0.1) is 23.9 Å². The highest BCUT2D eigenvalue weighted by Crippen LogP contribution is 2.53. The Morgan fingerprint density at radius 3 is 2.48 bits per heavy atom. The summed E-state index contributed by atoms with van der Waals surface area (Å²) in [6.07, 6.45) is -3.70. The molecule has 1 fully saturated rings. The van der Waals surface area contributed by atoms with Crippen LogP contribution < -0.4 is 15.4 Å². The van der Waals surface area contributed by atoms with Crippen molar-refractivity contribution in [1.82, 2.24) is 20.5 Å². The van der Waals surface area contributed by atoms with Gasteiger partial charge in [0.25, 0.3) is 11.8 Å². The molecule has 5 rings (SSSR count). The standard InChI is InChI=1S/C35H35F3N4O4/c1-23-15-26(18-27(16-23)33(45)42(2)22-28-12-6-7-14-40-28)32(44)41-34(19-30(34)25-10-4-3-5-11-25)31(43)21-39-20-24-9-8-13-29(17-24)46-35(36,37)38/h3-18,30-31,39,43H,19-22H2,1-2H3,(H,41,44)/t30?,31-,34?/m1/s1. The molecule has 0 spiro atoms. The molecule has 0 aliphatic heterocycles. The summed E-state index contributed by atoms with van der Waals surface area (Å²) in [6, 6.07) is 25.6. The van der Waals surface area contributed by atoms with Crippen molar-refractivity contribution in [3.8, 4) is 5.75 Å². The SMILES string of the molecule is Cc1cc(C(=O)NC2([C@H](O)CNCc3cccc(OC(F)(F)F)c3)CC2c2ccccc2)cc(C(=O)N(C)Cc2ccccn2)c1. The number of nitrogens with one attached hydrogen (secondary N) is 2. The monoisotopic (exact) mass is 632 g/mol. The summed E-state index contributed by atoms with van der Waals surface area (Å²) < 4.78 is 41.9. The van der Waals surface area contributed by atoms with Crippen molar-refractivity contribution in [2.45, 2.75) is 50.4 Å². The zero-order chi connectivity index (χ0) is 32.9. The number of aryl methyl sites for hydroxylation is 1. The number of rotatable bonds is 12. The van der Waals surface area contributed by atoms with Gasteiger partial charge in [-0.3, -0.25) is 14.6 Å². The van der Waals surface area contributed by atoms with Crippen molar-refractivity contribution in [1.29, 1.82) is 0 Å². The summed E-state index contributed by atoms with van der Waals surface area (Å²) in [4.78, 5) is 32.8. The summed E-state index contributed by atoms with van der Waals surface area (Å²) >= 11 is 0. The lowest BCUT2D eigenvalue weighted by Gasteiger charge is -2.26. The van der Waals surface area contributed by atoms with Crippen molar-refractivity contribution < 1.29 is 32.6 Å². The van der Waals surface area contributed by atoms with Crippen molar-refractivity contribution >= 4 is 11.8 Å². The Hall–Kier alpha value is -4.74. The quantitative estimate of drug-likeness (QED) is 0.194. The number of aliphatic hydroxyl groups excluding tert-OH is 1. The van der Waals surface area contributed by atoms with Crippen LogP contribution in [0.25, 0.3) is 0 Å². The Labute approximate surface area is 265 Å². The number of pyridine rings is 1. The number of alkyl halides is 3. The number of amides is 2. The first-order chi connectivity index (χ1) is 21.9. The lowest BCUT2D eigenvalue weighted by Crippen LogP contribution is -2.51. The summed E-state index contributed by atoms with van der Waals surface area (Å²) in [5, 5.41) is 17.6. The fraction of sp³-hybridized carbons (Fsp3) is 0.286. The predicted molar refractivity (Wildman–Crippen MR) is 166 cm³/mol. The number of aromatic nitrogens is 1. The van der Waals surface area contributed by atoms with Gasteiger partial charge in [-0.15, -0.1) is 13.2 Å². The highest BCUT2D eigenvalue weighted by Gasteiger charge is 2.60. The minimum atomic E-state index is -4.80. The number of carbonyl (C=O) groups excluding carboxylic acids is 2. The fourth-order valence-electron chi connectivity index (χ4n) is 5.71. The predicted octanol–water partition coefficient (Wildman–Crippen LogP) is 5.37. The van der Waals surface area contributed by atoms with Crippen LogP contribution in [0, 0.1) is 6.92 Å². The van der Waals surface area contributed by atoms with E-state index < -0.39 is 23.9 Å². The van der Waals surface area contributed by atoms with Gasteiger partial charge in [0.2, 0.25) is 0 Å². The van der Waals surface area contributed by atoms with Gasteiger partial charge in [-0.05, 0) is 72.5 Å². The average molecular weight is 633 g/mol. The number of hydrogen-bond donors (Lipinski definition) is 3. The lowest BCUT2D eigenvalue weighted by atomic mass is 9.99. The van der Waals surface area contributed by atoms with Gasteiger partial charge >= 0.3 is 6.36 Å². The fourth-order valence-corrected chi connectivity index (χ4v) is 5.71. The maximum Gasteiger partial charge on any atom is 0.573 e. The highest BCUT2D eigenvalue weighted by molar-refractivity contribution is 6.00. The van der Waals surface area contributed by atoms with E-state index in [1.165, 1.54) is 23.1 Å². The molecular weight excluding hydrogens is 597 g/mol. The molecular formula is C35H35F3N4O4. The van der Waals surface area contributed by atoms with Crippen LogP contribution in [0.2, 0.25) is 0 Å². The van der Waals surface area contributed by atoms with E-state index in [2.05, 4.69) is 20.4 Å². The number of benzene rings is 3. The molecule has 3 aromatic carbocycles. The summed E-state index contributed by atoms with van der Waals surface area (Å²) in [6.45, 7) is 2.33. The van der Waals surface area contributed by atoms with Crippen molar-refractivity contribution in [2.24, 2.45) is 0 Å². The molecule has 0 radical (unpaired) electrons. The van der Waals surface area contributed by atoms with E-state index in [9.17, 15) is 27.9 Å². The Bertz CT molecular complexity index is 1670. The Morgan fingerprint density at radius 2 is 1.76 bits per heavy atom. The minimum Gasteiger partial charge on any atom is -0.406 e. The van der Waals surface area contributed by atoms with Crippen molar-refractivity contribution in [3.05, 3.63) is 131 Å². The van der Waals surface area contributed by atoms with Crippen molar-refractivity contribution in [3.63, 3.8) is 0 Å². The van der Waals surface area contributed by atoms with Crippen LogP contribution in [0.5, 0.6) is 5.75 Å². The first-order valence-electron chi connectivity index (χ1n) is 14.8. The van der Waals surface area contributed by atoms with Gasteiger partial charge in [-0.2, -0.15) is 0 Å². The van der Waals surface area contributed by atoms with Crippen LogP contribution in [0.4, 0.5) is 13.2 Å². The molecule has 2 unspecified atom stereocenters. The third-order valence-corrected chi connectivity index (χ3v) is 8.00. The first kappa shape index (κ1) is 32.6. The molecule has 1 saturated carbocycles. The number of carbonyl (C=O) groups is 2. The molecule has 1 heterocycles. The smallest absolute Gasteiger partial charge is 0.406 e. The first-order valence-corrected chi connectivity index (χ1v) is 14.8. The van der Waals surface area contributed by atoms with Crippen LogP contribution in [0.15, 0.2) is 97.2 Å². The van der Waals surface area contributed by atoms with Gasteiger partial charge in [0, 0.05) is 43.4 Å². The molecule has 11 heteroatoms. The molecule has 1 aromatic heterocycles. The van der Waals surface area contributed by atoms with E-state index in [-0.39, 0.29) is 36.2 Å². The summed E-state index contributed by atoms with van der Waals surface area (Å²) in [5.41, 5.74) is 2.59. The van der Waals surface area contributed by atoms with E-state index in [1.54, 1.807) is 50.5 Å². The van der Waals surface area contributed by atoms with Crippen LogP contribution in [0.1, 0.15) is 55.4 Å². The second-order valence-corrected chi connectivity index (χ2v) is 11.6. The summed E-state index contributed by atoms with van der Waals surface area (Å²) in [5.74, 6) is -1.20. The molecule has 3 N–H and O–H groups in total. The van der Waals surface area contributed by atoms with E-state index in [0.717, 1.165) is 16.8 Å². The second-order valence-electron chi connectivity index (χ2n) is 11.6. The minimum absolute atomic E-state index is 0.0594. The Kier molecular flexibility index (Phi) is 9.74. The zero-order valence-electron chi connectivity index (χ0n) is 25.4. The molecule has 0 bridgehead atoms. The molecule has 1 aliphatic carbocycles. The van der Waals surface area contributed by atoms with Crippen LogP contribution >= 0.6 is 0 Å². The highest BCUT2D eigenvalue weighted by atomic mass is 19.4. The molecule has 240 valence electrons. The molecule has 2 amide bonds. The van der Waals surface area contributed by atoms with Gasteiger partial charge in [-0.1, -0.05) is 48.5 Å². The van der Waals surface area contributed by atoms with Crippen molar-refractivity contribution in [2.75, 3.05) is 13.6 Å². The molecule has 8 nitrogen and oxygen atoms in total.